The fourth-order valence-corrected chi connectivity index (χ4v) is 2.51. The second-order valence-electron chi connectivity index (χ2n) is 6.07. The van der Waals surface area contributed by atoms with Crippen molar-refractivity contribution in [1.82, 2.24) is 0 Å². The fraction of sp³-hybridized carbons (Fsp3) is 0. The predicted molar refractivity (Wildman–Crippen MR) is 114 cm³/mol. The van der Waals surface area contributed by atoms with Gasteiger partial charge < -0.3 is 22.1 Å². The zero-order chi connectivity index (χ0) is 19.9. The van der Waals surface area contributed by atoms with Gasteiger partial charge in [-0.25, -0.2) is 0 Å². The van der Waals surface area contributed by atoms with Gasteiger partial charge in [0.2, 0.25) is 5.91 Å². The lowest BCUT2D eigenvalue weighted by Gasteiger charge is -2.08. The molecule has 0 aliphatic heterocycles. The van der Waals surface area contributed by atoms with Crippen LogP contribution in [0, 0.1) is 0 Å². The van der Waals surface area contributed by atoms with Crippen LogP contribution in [0.5, 0.6) is 0 Å². The van der Waals surface area contributed by atoms with Crippen molar-refractivity contribution in [2.24, 2.45) is 0 Å². The van der Waals surface area contributed by atoms with E-state index in [-0.39, 0.29) is 11.8 Å². The van der Waals surface area contributed by atoms with Crippen molar-refractivity contribution in [3.8, 4) is 0 Å². The van der Waals surface area contributed by atoms with E-state index in [9.17, 15) is 9.59 Å². The first-order valence-corrected chi connectivity index (χ1v) is 8.62. The summed E-state index contributed by atoms with van der Waals surface area (Å²) in [6.07, 6.45) is 3.07. The molecule has 6 nitrogen and oxygen atoms in total. The topological polar surface area (TPSA) is 110 Å². The molecule has 0 radical (unpaired) electrons. The molecule has 0 saturated heterocycles. The number of rotatable bonds is 5. The molecule has 6 N–H and O–H groups in total. The largest absolute Gasteiger partial charge is 0.397 e. The van der Waals surface area contributed by atoms with E-state index >= 15 is 0 Å². The number of para-hydroxylation sites is 4. The molecule has 3 rings (SSSR count). The van der Waals surface area contributed by atoms with E-state index in [2.05, 4.69) is 10.6 Å². The van der Waals surface area contributed by atoms with Crippen LogP contribution in [0.3, 0.4) is 0 Å². The first-order chi connectivity index (χ1) is 13.5. The van der Waals surface area contributed by atoms with Crippen LogP contribution in [0.25, 0.3) is 6.08 Å². The van der Waals surface area contributed by atoms with Gasteiger partial charge in [0.25, 0.3) is 5.91 Å². The maximum atomic E-state index is 12.3. The van der Waals surface area contributed by atoms with E-state index in [1.807, 2.05) is 0 Å². The van der Waals surface area contributed by atoms with Crippen molar-refractivity contribution < 1.29 is 9.59 Å². The van der Waals surface area contributed by atoms with E-state index in [0.717, 1.165) is 5.56 Å². The Bertz CT molecular complexity index is 1030. The lowest BCUT2D eigenvalue weighted by molar-refractivity contribution is -0.111. The van der Waals surface area contributed by atoms with Crippen molar-refractivity contribution in [3.63, 3.8) is 0 Å². The number of benzene rings is 3. The molecular formula is C22H20N4O2. The molecule has 0 atom stereocenters. The first-order valence-electron chi connectivity index (χ1n) is 8.62. The van der Waals surface area contributed by atoms with Crippen LogP contribution in [0.15, 0.2) is 78.9 Å². The highest BCUT2D eigenvalue weighted by Crippen LogP contribution is 2.18. The minimum atomic E-state index is -0.292. The summed E-state index contributed by atoms with van der Waals surface area (Å²) in [5.41, 5.74) is 15.0. The number of anilines is 4. The molecule has 0 fully saturated rings. The number of nitrogen functional groups attached to an aromatic ring is 2. The Morgan fingerprint density at radius 2 is 1.25 bits per heavy atom. The van der Waals surface area contributed by atoms with Gasteiger partial charge in [-0.3, -0.25) is 9.59 Å². The van der Waals surface area contributed by atoms with E-state index in [0.29, 0.717) is 28.3 Å². The Labute approximate surface area is 162 Å². The molecule has 0 saturated carbocycles. The summed E-state index contributed by atoms with van der Waals surface area (Å²) in [5, 5.41) is 5.49. The maximum absolute atomic E-state index is 12.3. The molecule has 0 aliphatic rings. The summed E-state index contributed by atoms with van der Waals surface area (Å²) < 4.78 is 0. The van der Waals surface area contributed by atoms with Crippen LogP contribution < -0.4 is 22.1 Å². The molecule has 0 heterocycles. The Morgan fingerprint density at radius 1 is 0.714 bits per heavy atom. The number of hydrogen-bond acceptors (Lipinski definition) is 4. The third kappa shape index (κ3) is 4.76. The highest BCUT2D eigenvalue weighted by molar-refractivity contribution is 6.06. The minimum Gasteiger partial charge on any atom is -0.397 e. The lowest BCUT2D eigenvalue weighted by atomic mass is 10.1. The van der Waals surface area contributed by atoms with E-state index < -0.39 is 0 Å². The lowest BCUT2D eigenvalue weighted by Crippen LogP contribution is -2.13. The molecule has 140 valence electrons. The molecule has 0 spiro atoms. The minimum absolute atomic E-state index is 0.259. The zero-order valence-electron chi connectivity index (χ0n) is 15.1. The number of amides is 2. The molecule has 3 aromatic rings. The third-order valence-electron chi connectivity index (χ3n) is 4.03. The Kier molecular flexibility index (Phi) is 5.72. The molecule has 0 aromatic heterocycles. The highest BCUT2D eigenvalue weighted by Gasteiger charge is 2.07. The van der Waals surface area contributed by atoms with Crippen LogP contribution in [-0.4, -0.2) is 11.8 Å². The Morgan fingerprint density at radius 3 is 1.82 bits per heavy atom. The predicted octanol–water partition coefficient (Wildman–Crippen LogP) is 3.76. The molecule has 0 bridgehead atoms. The molecule has 2 amide bonds. The number of carbonyl (C=O) groups is 2. The summed E-state index contributed by atoms with van der Waals surface area (Å²) in [6, 6.07) is 21.0. The monoisotopic (exact) mass is 372 g/mol. The average molecular weight is 372 g/mol. The second-order valence-corrected chi connectivity index (χ2v) is 6.07. The van der Waals surface area contributed by atoms with Crippen molar-refractivity contribution in [3.05, 3.63) is 90.0 Å². The Balaban J connectivity index is 1.61. The SMILES string of the molecule is Nc1ccccc1NC(=O)C=Cc1ccc(C(=O)Nc2ccccc2N)cc1. The van der Waals surface area contributed by atoms with Crippen molar-refractivity contribution in [1.29, 1.82) is 0 Å². The average Bonchev–Trinajstić information content (AvgIpc) is 2.70. The van der Waals surface area contributed by atoms with Gasteiger partial charge in [-0.1, -0.05) is 36.4 Å². The summed E-state index contributed by atoms with van der Waals surface area (Å²) in [6.45, 7) is 0. The summed E-state index contributed by atoms with van der Waals surface area (Å²) >= 11 is 0. The third-order valence-corrected chi connectivity index (χ3v) is 4.03. The molecule has 6 heteroatoms. The maximum Gasteiger partial charge on any atom is 0.255 e. The number of nitrogens with two attached hydrogens (primary N) is 2. The van der Waals surface area contributed by atoms with Crippen molar-refractivity contribution >= 4 is 40.6 Å². The van der Waals surface area contributed by atoms with E-state index in [1.165, 1.54) is 6.08 Å². The van der Waals surface area contributed by atoms with Gasteiger partial charge in [0.05, 0.1) is 22.7 Å². The van der Waals surface area contributed by atoms with E-state index in [4.69, 9.17) is 11.5 Å². The molecule has 0 unspecified atom stereocenters. The van der Waals surface area contributed by atoms with Crippen molar-refractivity contribution in [2.75, 3.05) is 22.1 Å². The fourth-order valence-electron chi connectivity index (χ4n) is 2.51. The molecular weight excluding hydrogens is 352 g/mol. The number of carbonyl (C=O) groups excluding carboxylic acids is 2. The molecule has 28 heavy (non-hydrogen) atoms. The van der Waals surface area contributed by atoms with Gasteiger partial charge in [-0.2, -0.15) is 0 Å². The molecule has 0 aliphatic carbocycles. The van der Waals surface area contributed by atoms with Crippen LogP contribution in [0.4, 0.5) is 22.7 Å². The standard InChI is InChI=1S/C22H20N4O2/c23-17-5-1-3-7-19(17)25-21(27)14-11-15-9-12-16(13-10-15)22(28)26-20-8-4-2-6-18(20)24/h1-14H,23-24H2,(H,25,27)(H,26,28). The van der Waals surface area contributed by atoms with Gasteiger partial charge in [0.15, 0.2) is 0 Å². The highest BCUT2D eigenvalue weighted by atomic mass is 16.2. The van der Waals surface area contributed by atoms with E-state index in [1.54, 1.807) is 78.9 Å². The Hall–Kier alpha value is -4.06. The number of nitrogens with one attached hydrogen (secondary N) is 2. The summed E-state index contributed by atoms with van der Waals surface area (Å²) in [4.78, 5) is 24.3. The van der Waals surface area contributed by atoms with Gasteiger partial charge in [0, 0.05) is 11.6 Å². The van der Waals surface area contributed by atoms with Gasteiger partial charge >= 0.3 is 0 Å². The summed E-state index contributed by atoms with van der Waals surface area (Å²) in [7, 11) is 0. The van der Waals surface area contributed by atoms with Gasteiger partial charge in [-0.15, -0.1) is 0 Å². The normalized spacial score (nSPS) is 10.6. The van der Waals surface area contributed by atoms with Crippen LogP contribution >= 0.6 is 0 Å². The summed E-state index contributed by atoms with van der Waals surface area (Å²) in [5.74, 6) is -0.551. The van der Waals surface area contributed by atoms with Gasteiger partial charge in [-0.05, 0) is 48.0 Å². The van der Waals surface area contributed by atoms with Crippen LogP contribution in [-0.2, 0) is 4.79 Å². The van der Waals surface area contributed by atoms with Crippen LogP contribution in [0.2, 0.25) is 0 Å². The first kappa shape index (κ1) is 18.7. The van der Waals surface area contributed by atoms with Crippen molar-refractivity contribution in [2.45, 2.75) is 0 Å². The zero-order valence-corrected chi connectivity index (χ0v) is 15.1. The smallest absolute Gasteiger partial charge is 0.255 e. The quantitative estimate of drug-likeness (QED) is 0.404. The van der Waals surface area contributed by atoms with Crippen LogP contribution in [0.1, 0.15) is 15.9 Å². The molecule has 3 aromatic carbocycles. The van der Waals surface area contributed by atoms with Gasteiger partial charge in [0.1, 0.15) is 0 Å². The number of hydrogen-bond donors (Lipinski definition) is 4. The second kappa shape index (κ2) is 8.55.